The number of amides is 3. The fraction of sp³-hybridized carbons (Fsp3) is 0.852. The molecule has 9 nitrogen and oxygen atoms in total. The topological polar surface area (TPSA) is 98.4 Å². The minimum Gasteiger partial charge on any atom is -0.381 e. The van der Waals surface area contributed by atoms with E-state index >= 15 is 0 Å². The Morgan fingerprint density at radius 3 is 2.38 bits per heavy atom. The van der Waals surface area contributed by atoms with Crippen LogP contribution >= 0.6 is 11.8 Å². The van der Waals surface area contributed by atoms with E-state index in [0.29, 0.717) is 89.6 Å². The summed E-state index contributed by atoms with van der Waals surface area (Å²) in [7, 11) is 0. The first-order valence-electron chi connectivity index (χ1n) is 13.9. The van der Waals surface area contributed by atoms with Crippen LogP contribution in [-0.4, -0.2) is 106 Å². The van der Waals surface area contributed by atoms with Crippen LogP contribution in [0.2, 0.25) is 0 Å². The Hall–Kier alpha value is -1.51. The van der Waals surface area contributed by atoms with E-state index in [4.69, 9.17) is 25.4 Å². The van der Waals surface area contributed by atoms with Gasteiger partial charge in [0.1, 0.15) is 0 Å². The second-order valence-corrected chi connectivity index (χ2v) is 10.5. The number of urea groups is 1. The van der Waals surface area contributed by atoms with E-state index in [-0.39, 0.29) is 11.9 Å². The summed E-state index contributed by atoms with van der Waals surface area (Å²) in [4.78, 5) is 26.0. The molecule has 2 heterocycles. The lowest BCUT2D eigenvalue weighted by atomic mass is 10.0. The van der Waals surface area contributed by atoms with Crippen molar-refractivity contribution in [1.82, 2.24) is 15.5 Å². The minimum atomic E-state index is 0.0806. The maximum Gasteiger partial charge on any atom is 0.318 e. The van der Waals surface area contributed by atoms with Gasteiger partial charge < -0.3 is 34.5 Å². The summed E-state index contributed by atoms with van der Waals surface area (Å²) in [5, 5.41) is 6.53. The molecule has 212 valence electrons. The van der Waals surface area contributed by atoms with Crippen LogP contribution in [0.4, 0.5) is 4.79 Å². The molecule has 0 radical (unpaired) electrons. The summed E-state index contributed by atoms with van der Waals surface area (Å²) in [5.74, 6) is 3.63. The number of carbonyl (C=O) groups excluding carboxylic acids is 2. The molecule has 3 amide bonds. The molecule has 2 N–H and O–H groups in total. The van der Waals surface area contributed by atoms with E-state index in [0.717, 1.165) is 50.8 Å². The molecular weight excluding hydrogens is 494 g/mol. The maximum absolute atomic E-state index is 12.0. The molecule has 0 aromatic carbocycles. The van der Waals surface area contributed by atoms with E-state index in [9.17, 15) is 9.59 Å². The average Bonchev–Trinajstić information content (AvgIpc) is 3.43. The smallest absolute Gasteiger partial charge is 0.318 e. The number of nitrogens with zero attached hydrogens (tertiary/aromatic N) is 1. The molecule has 0 aliphatic carbocycles. The summed E-state index contributed by atoms with van der Waals surface area (Å²) in [6.45, 7) is 8.18. The van der Waals surface area contributed by atoms with Crippen LogP contribution in [-0.2, 0) is 23.7 Å². The highest BCUT2D eigenvalue weighted by molar-refractivity contribution is 8.00. The van der Waals surface area contributed by atoms with Crippen molar-refractivity contribution >= 4 is 23.7 Å². The standard InChI is InChI=1S/C27H47N3O6S/c1-3-5-14-33-15-9-16-34-17-10-18-35-20-21-36-19-13-28-25(31)12-8-6-7-11-24-26-23(22-37-24)29-27(32)30(26)4-2/h1,23-24,26H,4-22H2,2H3,(H,28,31)(H,29,32)/t23-,24-,26?/m0/s1. The van der Waals surface area contributed by atoms with E-state index < -0.39 is 0 Å². The molecule has 2 fully saturated rings. The Kier molecular flexibility index (Phi) is 17.5. The van der Waals surface area contributed by atoms with Crippen molar-refractivity contribution in [3.8, 4) is 12.3 Å². The molecule has 0 spiro atoms. The number of thioether (sulfide) groups is 1. The van der Waals surface area contributed by atoms with E-state index in [2.05, 4.69) is 16.6 Å². The number of rotatable bonds is 23. The number of hydrogen-bond donors (Lipinski definition) is 2. The first kappa shape index (κ1) is 31.7. The molecule has 0 aromatic heterocycles. The van der Waals surface area contributed by atoms with E-state index in [1.807, 2.05) is 23.6 Å². The number of nitrogens with one attached hydrogen (secondary N) is 2. The summed E-state index contributed by atoms with van der Waals surface area (Å²) < 4.78 is 21.9. The van der Waals surface area contributed by atoms with Gasteiger partial charge in [-0.05, 0) is 32.6 Å². The number of hydrogen-bond acceptors (Lipinski definition) is 7. The second-order valence-electron chi connectivity index (χ2n) is 9.26. The monoisotopic (exact) mass is 541 g/mol. The molecule has 2 saturated heterocycles. The number of terminal acetylenes is 1. The maximum atomic E-state index is 12.0. The van der Waals surface area contributed by atoms with Crippen LogP contribution in [0.3, 0.4) is 0 Å². The van der Waals surface area contributed by atoms with E-state index in [1.165, 1.54) is 0 Å². The molecule has 2 aliphatic heterocycles. The highest BCUT2D eigenvalue weighted by Gasteiger charge is 2.47. The van der Waals surface area contributed by atoms with Crippen molar-refractivity contribution in [2.75, 3.05) is 71.7 Å². The van der Waals surface area contributed by atoms with Gasteiger partial charge in [0, 0.05) is 63.4 Å². The van der Waals surface area contributed by atoms with Gasteiger partial charge in [0.2, 0.25) is 5.91 Å². The third-order valence-electron chi connectivity index (χ3n) is 6.43. The number of carbonyl (C=O) groups is 2. The third-order valence-corrected chi connectivity index (χ3v) is 7.93. The molecule has 2 aliphatic rings. The van der Waals surface area contributed by atoms with Crippen LogP contribution in [0.15, 0.2) is 0 Å². The highest BCUT2D eigenvalue weighted by atomic mass is 32.2. The Morgan fingerprint density at radius 2 is 1.68 bits per heavy atom. The normalized spacial score (nSPS) is 20.6. The van der Waals surface area contributed by atoms with Gasteiger partial charge in [-0.15, -0.1) is 12.3 Å². The fourth-order valence-corrected chi connectivity index (χ4v) is 6.16. The first-order chi connectivity index (χ1) is 18.2. The van der Waals surface area contributed by atoms with Gasteiger partial charge in [0.15, 0.2) is 0 Å². The van der Waals surface area contributed by atoms with Crippen LogP contribution in [0.1, 0.15) is 58.3 Å². The zero-order valence-corrected chi connectivity index (χ0v) is 23.4. The molecule has 0 bridgehead atoms. The number of ether oxygens (including phenoxy) is 4. The van der Waals surface area contributed by atoms with Gasteiger partial charge in [-0.1, -0.05) is 12.8 Å². The van der Waals surface area contributed by atoms with Crippen molar-refractivity contribution in [1.29, 1.82) is 0 Å². The Labute approximate surface area is 227 Å². The SMILES string of the molecule is C#CCCOCCCOCCCOCCOCCNC(=O)CCCCC[C@@H]1SC[C@@H]2NC(=O)N(CC)C21. The summed E-state index contributed by atoms with van der Waals surface area (Å²) in [5.41, 5.74) is 0. The van der Waals surface area contributed by atoms with Gasteiger partial charge in [-0.3, -0.25) is 4.79 Å². The Balaban J connectivity index is 1.30. The zero-order chi connectivity index (χ0) is 26.6. The second kappa shape index (κ2) is 20.5. The lowest BCUT2D eigenvalue weighted by molar-refractivity contribution is -0.121. The number of fused-ring (bicyclic) bond motifs is 1. The quantitative estimate of drug-likeness (QED) is 0.117. The Bertz CT molecular complexity index is 677. The average molecular weight is 542 g/mol. The summed E-state index contributed by atoms with van der Waals surface area (Å²) >= 11 is 1.98. The number of likely N-dealkylation sites (N-methyl/N-ethyl adjacent to an activating group) is 1. The molecular formula is C27H47N3O6S. The van der Waals surface area contributed by atoms with Crippen molar-refractivity contribution in [3.05, 3.63) is 0 Å². The van der Waals surface area contributed by atoms with E-state index in [1.54, 1.807) is 0 Å². The van der Waals surface area contributed by atoms with Gasteiger partial charge >= 0.3 is 6.03 Å². The summed E-state index contributed by atoms with van der Waals surface area (Å²) in [6, 6.07) is 0.715. The van der Waals surface area contributed by atoms with Crippen molar-refractivity contribution in [2.45, 2.75) is 75.6 Å². The molecule has 1 unspecified atom stereocenters. The Morgan fingerprint density at radius 1 is 1.00 bits per heavy atom. The van der Waals surface area contributed by atoms with Gasteiger partial charge in [-0.2, -0.15) is 11.8 Å². The summed E-state index contributed by atoms with van der Waals surface area (Å²) in [6.07, 6.45) is 12.2. The van der Waals surface area contributed by atoms with Crippen LogP contribution in [0.25, 0.3) is 0 Å². The zero-order valence-electron chi connectivity index (χ0n) is 22.5. The molecule has 2 rings (SSSR count). The van der Waals surface area contributed by atoms with Crippen molar-refractivity contribution in [3.63, 3.8) is 0 Å². The van der Waals surface area contributed by atoms with Crippen LogP contribution in [0, 0.1) is 12.3 Å². The van der Waals surface area contributed by atoms with Gasteiger partial charge in [0.05, 0.1) is 38.5 Å². The predicted octanol–water partition coefficient (Wildman–Crippen LogP) is 2.82. The van der Waals surface area contributed by atoms with Crippen LogP contribution in [0.5, 0.6) is 0 Å². The first-order valence-corrected chi connectivity index (χ1v) is 14.9. The molecule has 0 aromatic rings. The number of unbranched alkanes of at least 4 members (excludes halogenated alkanes) is 2. The van der Waals surface area contributed by atoms with Gasteiger partial charge in [0.25, 0.3) is 0 Å². The third kappa shape index (κ3) is 13.2. The molecule has 0 saturated carbocycles. The fourth-order valence-electron chi connectivity index (χ4n) is 4.56. The molecule has 10 heteroatoms. The largest absolute Gasteiger partial charge is 0.381 e. The van der Waals surface area contributed by atoms with Crippen LogP contribution < -0.4 is 10.6 Å². The predicted molar refractivity (Wildman–Crippen MR) is 147 cm³/mol. The van der Waals surface area contributed by atoms with Crippen molar-refractivity contribution < 1.29 is 28.5 Å². The molecule has 3 atom stereocenters. The molecule has 37 heavy (non-hydrogen) atoms. The van der Waals surface area contributed by atoms with Gasteiger partial charge in [-0.25, -0.2) is 4.79 Å². The minimum absolute atomic E-state index is 0.0806. The van der Waals surface area contributed by atoms with Crippen molar-refractivity contribution in [2.24, 2.45) is 0 Å². The lowest BCUT2D eigenvalue weighted by Crippen LogP contribution is -2.40. The highest BCUT2D eigenvalue weighted by Crippen LogP contribution is 2.37. The lowest BCUT2D eigenvalue weighted by Gasteiger charge is -2.26.